The summed E-state index contributed by atoms with van der Waals surface area (Å²) in [5, 5.41) is 22.6. The quantitative estimate of drug-likeness (QED) is 0.0229. The van der Waals surface area contributed by atoms with Gasteiger partial charge in [0.25, 0.3) is 11.7 Å². The standard InChI is InChI=1S/C56H93NO15/c1-14-15-18-36(4)47(70-28-27-69-26-25-65-10)33-43-22-20-41(9)56(64,72-43)53(61)54(62)57-24-17-16-19-44(57)55(63)71-48(38(6)31-42-21-23-45(58)49(32-42)66-11)34-46(59)37(5)30-40(8)51(67-12)52(68-13)50(60)39(7)29-35(2)3/h14-15,18,30,35,37-39,41-45,47-49,51-52,58,64H,16-17,19-29,31-34H2,1-13H3/b15-14+,36-18+,40-30+/t37-,38-,39-,41-,42+,43+,44+,45-,47?,48+,49-,51-,52+,56-/m1/s1. The second-order valence-electron chi connectivity index (χ2n) is 21.2. The number of piperidine rings is 1. The third-order valence-corrected chi connectivity index (χ3v) is 15.0. The van der Waals surface area contributed by atoms with Gasteiger partial charge in [0, 0.05) is 65.6 Å². The zero-order valence-electron chi connectivity index (χ0n) is 46.1. The number of carbonyl (C=O) groups excluding carboxylic acids is 5. The largest absolute Gasteiger partial charge is 0.460 e. The third-order valence-electron chi connectivity index (χ3n) is 15.0. The van der Waals surface area contributed by atoms with E-state index in [-0.39, 0.29) is 54.8 Å². The number of ketones is 3. The van der Waals surface area contributed by atoms with E-state index >= 15 is 0 Å². The topological polar surface area (TPSA) is 203 Å². The van der Waals surface area contributed by atoms with Crippen molar-refractivity contribution in [3.8, 4) is 0 Å². The van der Waals surface area contributed by atoms with Gasteiger partial charge in [-0.05, 0) is 114 Å². The molecule has 16 heteroatoms. The molecule has 1 amide bonds. The Kier molecular flexibility index (Phi) is 27.7. The number of rotatable bonds is 31. The van der Waals surface area contributed by atoms with Gasteiger partial charge in [0.15, 0.2) is 5.78 Å². The predicted octanol–water partition coefficient (Wildman–Crippen LogP) is 7.34. The lowest BCUT2D eigenvalue weighted by atomic mass is 9.78. The monoisotopic (exact) mass is 1020 g/mol. The number of hydrogen-bond acceptors (Lipinski definition) is 15. The van der Waals surface area contributed by atoms with Crippen LogP contribution < -0.4 is 0 Å². The summed E-state index contributed by atoms with van der Waals surface area (Å²) < 4.78 is 46.6. The number of ether oxygens (including phenoxy) is 8. The van der Waals surface area contributed by atoms with E-state index in [4.69, 9.17) is 37.9 Å². The van der Waals surface area contributed by atoms with E-state index in [0.717, 1.165) is 12.0 Å². The number of carbonyl (C=O) groups is 5. The number of esters is 1. The zero-order chi connectivity index (χ0) is 53.7. The Bertz CT molecular complexity index is 1800. The van der Waals surface area contributed by atoms with Gasteiger partial charge < -0.3 is 53.0 Å². The summed E-state index contributed by atoms with van der Waals surface area (Å²) in [6.45, 7) is 18.6. The highest BCUT2D eigenvalue weighted by Crippen LogP contribution is 2.38. The Labute approximate surface area is 431 Å². The molecular weight excluding hydrogens is 927 g/mol. The highest BCUT2D eigenvalue weighted by molar-refractivity contribution is 6.39. The van der Waals surface area contributed by atoms with Crippen LogP contribution in [0.5, 0.6) is 0 Å². The zero-order valence-corrected chi connectivity index (χ0v) is 46.1. The first kappa shape index (κ1) is 63.1. The normalized spacial score (nSPS) is 27.5. The average Bonchev–Trinajstić information content (AvgIpc) is 3.35. The first-order valence-electron chi connectivity index (χ1n) is 26.6. The van der Waals surface area contributed by atoms with Crippen LogP contribution in [-0.4, -0.2) is 160 Å². The highest BCUT2D eigenvalue weighted by Gasteiger charge is 2.53. The number of likely N-dealkylation sites (tertiary alicyclic amines) is 1. The summed E-state index contributed by atoms with van der Waals surface area (Å²) in [7, 11) is 6.16. The van der Waals surface area contributed by atoms with Gasteiger partial charge in [-0.15, -0.1) is 0 Å². The van der Waals surface area contributed by atoms with Gasteiger partial charge in [-0.25, -0.2) is 4.79 Å². The van der Waals surface area contributed by atoms with Crippen LogP contribution in [0.4, 0.5) is 0 Å². The minimum absolute atomic E-state index is 0.0813. The SMILES string of the molecule is C/C=C/C=C(\C)C(C[C@@H]1CC[C@@H](C)[C@](O)(C(=O)C(=O)N2CCCC[C@H]2C(=O)O[C@@H](CC(=O)[C@H](C)/C=C(\C)[C@@H](OC)[C@@H](OC)C(=O)[C@H](C)CC(C)C)[C@H](C)C[C@@H]2CC[C@@H](O)[C@H](OC)C2)O1)OCCOCCOC. The van der Waals surface area contributed by atoms with E-state index in [0.29, 0.717) is 95.7 Å². The Morgan fingerprint density at radius 3 is 2.18 bits per heavy atom. The molecule has 1 unspecified atom stereocenters. The molecule has 2 heterocycles. The fraction of sp³-hybridized carbons (Fsp3) is 0.804. The maximum atomic E-state index is 14.5. The molecule has 3 fully saturated rings. The molecule has 2 aliphatic heterocycles. The van der Waals surface area contributed by atoms with Crippen molar-refractivity contribution < 1.29 is 72.1 Å². The summed E-state index contributed by atoms with van der Waals surface area (Å²) in [4.78, 5) is 72.3. The number of nitrogens with zero attached hydrogens (tertiary/aromatic N) is 1. The number of amides is 1. The van der Waals surface area contributed by atoms with Crippen molar-refractivity contribution in [3.63, 3.8) is 0 Å². The fourth-order valence-electron chi connectivity index (χ4n) is 10.6. The van der Waals surface area contributed by atoms with Crippen LogP contribution in [0.3, 0.4) is 0 Å². The third kappa shape index (κ3) is 18.6. The Morgan fingerprint density at radius 2 is 1.54 bits per heavy atom. The van der Waals surface area contributed by atoms with Crippen molar-refractivity contribution >= 4 is 29.2 Å². The number of aliphatic hydroxyl groups excluding tert-OH is 1. The van der Waals surface area contributed by atoms with Crippen molar-refractivity contribution in [1.82, 2.24) is 4.90 Å². The fourth-order valence-corrected chi connectivity index (χ4v) is 10.6. The van der Waals surface area contributed by atoms with Crippen LogP contribution in [0.25, 0.3) is 0 Å². The number of allylic oxidation sites excluding steroid dienone is 4. The lowest BCUT2D eigenvalue weighted by Gasteiger charge is -2.43. The number of hydrogen-bond donors (Lipinski definition) is 2. The van der Waals surface area contributed by atoms with Crippen molar-refractivity contribution in [2.45, 2.75) is 194 Å². The maximum absolute atomic E-state index is 14.5. The van der Waals surface area contributed by atoms with Crippen LogP contribution in [0.1, 0.15) is 139 Å². The Balaban J connectivity index is 1.87. The van der Waals surface area contributed by atoms with Crippen molar-refractivity contribution in [1.29, 1.82) is 0 Å². The van der Waals surface area contributed by atoms with Crippen molar-refractivity contribution in [2.75, 3.05) is 61.4 Å². The summed E-state index contributed by atoms with van der Waals surface area (Å²) in [6, 6.07) is -1.15. The van der Waals surface area contributed by atoms with E-state index in [1.807, 2.05) is 45.9 Å². The smallest absolute Gasteiger partial charge is 0.329 e. The molecule has 0 radical (unpaired) electrons. The number of aliphatic hydroxyl groups is 2. The van der Waals surface area contributed by atoms with Gasteiger partial charge in [0.2, 0.25) is 5.79 Å². The molecule has 2 N–H and O–H groups in total. The minimum atomic E-state index is -2.45. The highest BCUT2D eigenvalue weighted by atomic mass is 16.6. The van der Waals surface area contributed by atoms with Crippen LogP contribution in [-0.2, 0) is 61.9 Å². The lowest BCUT2D eigenvalue weighted by Crippen LogP contribution is -2.61. The second-order valence-corrected chi connectivity index (χ2v) is 21.2. The Morgan fingerprint density at radius 1 is 0.847 bits per heavy atom. The first-order valence-corrected chi connectivity index (χ1v) is 26.6. The molecule has 0 spiro atoms. The molecule has 0 bridgehead atoms. The number of Topliss-reactive ketones (excluding diaryl/α,β-unsaturated/α-hetero) is 3. The predicted molar refractivity (Wildman–Crippen MR) is 274 cm³/mol. The van der Waals surface area contributed by atoms with Crippen LogP contribution in [0.15, 0.2) is 35.5 Å². The summed E-state index contributed by atoms with van der Waals surface area (Å²) >= 11 is 0. The lowest BCUT2D eigenvalue weighted by molar-refractivity contribution is -0.266. The summed E-state index contributed by atoms with van der Waals surface area (Å²) in [5.74, 6) is -7.20. The van der Waals surface area contributed by atoms with E-state index < -0.39 is 77.9 Å². The van der Waals surface area contributed by atoms with Gasteiger partial charge in [0.05, 0.1) is 50.8 Å². The van der Waals surface area contributed by atoms with E-state index in [2.05, 4.69) is 13.8 Å². The van der Waals surface area contributed by atoms with Gasteiger partial charge in [-0.2, -0.15) is 0 Å². The van der Waals surface area contributed by atoms with Crippen LogP contribution >= 0.6 is 0 Å². The average molecular weight is 1020 g/mol. The minimum Gasteiger partial charge on any atom is -0.460 e. The molecule has 72 heavy (non-hydrogen) atoms. The van der Waals surface area contributed by atoms with E-state index in [9.17, 15) is 34.2 Å². The van der Waals surface area contributed by atoms with Gasteiger partial charge >= 0.3 is 5.97 Å². The van der Waals surface area contributed by atoms with Gasteiger partial charge in [0.1, 0.15) is 30.1 Å². The molecule has 0 aromatic carbocycles. The molecule has 1 aliphatic carbocycles. The second kappa shape index (κ2) is 31.6. The van der Waals surface area contributed by atoms with Crippen LogP contribution in [0, 0.1) is 35.5 Å². The molecule has 0 aromatic heterocycles. The summed E-state index contributed by atoms with van der Waals surface area (Å²) in [6.07, 6.45) is 8.58. The van der Waals surface area contributed by atoms with Gasteiger partial charge in [-0.1, -0.05) is 65.8 Å². The molecule has 3 rings (SSSR count). The van der Waals surface area contributed by atoms with E-state index in [1.165, 1.54) is 19.1 Å². The van der Waals surface area contributed by atoms with E-state index in [1.54, 1.807) is 41.1 Å². The molecule has 412 valence electrons. The van der Waals surface area contributed by atoms with Crippen LogP contribution in [0.2, 0.25) is 0 Å². The van der Waals surface area contributed by atoms with Gasteiger partial charge in [-0.3, -0.25) is 19.2 Å². The molecular formula is C56H93NO15. The Hall–Kier alpha value is -3.19. The molecule has 3 aliphatic rings. The van der Waals surface area contributed by atoms with Crippen molar-refractivity contribution in [2.24, 2.45) is 35.5 Å². The summed E-state index contributed by atoms with van der Waals surface area (Å²) in [5.41, 5.74) is 1.56. The van der Waals surface area contributed by atoms with Crippen molar-refractivity contribution in [3.05, 3.63) is 35.5 Å². The molecule has 16 nitrogen and oxygen atoms in total. The molecule has 1 saturated carbocycles. The first-order chi connectivity index (χ1) is 34.2. The molecule has 2 saturated heterocycles. The number of methoxy groups -OCH3 is 4. The molecule has 14 atom stereocenters. The maximum Gasteiger partial charge on any atom is 0.329 e. The molecule has 0 aromatic rings.